The SMILES string of the molecule is CCC1C[C@H](C(=O)NCCOCCC(C)C)[C@H](C(=O)O)C1. The summed E-state index contributed by atoms with van der Waals surface area (Å²) in [5.74, 6) is -0.936. The Bertz CT molecular complexity index is 343. The highest BCUT2D eigenvalue weighted by molar-refractivity contribution is 5.85. The van der Waals surface area contributed by atoms with Crippen LogP contribution >= 0.6 is 0 Å². The molecular weight excluding hydrogens is 270 g/mol. The first-order valence-electron chi connectivity index (χ1n) is 8.03. The molecule has 5 nitrogen and oxygen atoms in total. The van der Waals surface area contributed by atoms with Crippen LogP contribution in [0.15, 0.2) is 0 Å². The fourth-order valence-electron chi connectivity index (χ4n) is 2.84. The van der Waals surface area contributed by atoms with Crippen molar-refractivity contribution in [3.63, 3.8) is 0 Å². The van der Waals surface area contributed by atoms with Crippen LogP contribution in [0.1, 0.15) is 46.5 Å². The summed E-state index contributed by atoms with van der Waals surface area (Å²) in [4.78, 5) is 23.4. The van der Waals surface area contributed by atoms with Crippen molar-refractivity contribution in [2.24, 2.45) is 23.7 Å². The largest absolute Gasteiger partial charge is 0.481 e. The molecule has 3 atom stereocenters. The van der Waals surface area contributed by atoms with Gasteiger partial charge >= 0.3 is 5.97 Å². The average Bonchev–Trinajstić information content (AvgIpc) is 2.86. The third-order valence-corrected chi connectivity index (χ3v) is 4.28. The molecule has 1 aliphatic carbocycles. The second-order valence-corrected chi connectivity index (χ2v) is 6.38. The lowest BCUT2D eigenvalue weighted by atomic mass is 9.95. The Hall–Kier alpha value is -1.10. The van der Waals surface area contributed by atoms with Crippen molar-refractivity contribution in [1.82, 2.24) is 5.32 Å². The first-order chi connectivity index (χ1) is 9.95. The van der Waals surface area contributed by atoms with Crippen molar-refractivity contribution < 1.29 is 19.4 Å². The summed E-state index contributed by atoms with van der Waals surface area (Å²) >= 11 is 0. The van der Waals surface area contributed by atoms with Gasteiger partial charge in [0.1, 0.15) is 0 Å². The normalized spacial score (nSPS) is 25.2. The first kappa shape index (κ1) is 18.0. The number of nitrogens with one attached hydrogen (secondary N) is 1. The summed E-state index contributed by atoms with van der Waals surface area (Å²) in [7, 11) is 0. The van der Waals surface area contributed by atoms with Gasteiger partial charge in [0.25, 0.3) is 0 Å². The van der Waals surface area contributed by atoms with Crippen molar-refractivity contribution in [2.45, 2.75) is 46.5 Å². The van der Waals surface area contributed by atoms with E-state index >= 15 is 0 Å². The Labute approximate surface area is 127 Å². The lowest BCUT2D eigenvalue weighted by molar-refractivity contribution is -0.146. The number of rotatable bonds is 9. The van der Waals surface area contributed by atoms with Crippen LogP contribution in [0.5, 0.6) is 0 Å². The predicted molar refractivity (Wildman–Crippen MR) is 80.9 cm³/mol. The van der Waals surface area contributed by atoms with Crippen LogP contribution in [-0.4, -0.2) is 36.7 Å². The number of carbonyl (C=O) groups excluding carboxylic acids is 1. The summed E-state index contributed by atoms with van der Waals surface area (Å²) in [6.45, 7) is 7.97. The average molecular weight is 299 g/mol. The van der Waals surface area contributed by atoms with Gasteiger partial charge in [-0.15, -0.1) is 0 Å². The maximum absolute atomic E-state index is 12.1. The van der Waals surface area contributed by atoms with Crippen molar-refractivity contribution in [2.75, 3.05) is 19.8 Å². The molecule has 0 radical (unpaired) electrons. The number of carbonyl (C=O) groups is 2. The molecule has 0 aromatic heterocycles. The Morgan fingerprint density at radius 3 is 2.48 bits per heavy atom. The summed E-state index contributed by atoms with van der Waals surface area (Å²) in [6, 6.07) is 0. The lowest BCUT2D eigenvalue weighted by Crippen LogP contribution is -2.37. The van der Waals surface area contributed by atoms with Crippen molar-refractivity contribution >= 4 is 11.9 Å². The zero-order chi connectivity index (χ0) is 15.8. The summed E-state index contributed by atoms with van der Waals surface area (Å²) in [6.07, 6.45) is 3.25. The standard InChI is InChI=1S/C16H29NO4/c1-4-12-9-13(14(10-12)16(19)20)15(18)17-6-8-21-7-5-11(2)3/h11-14H,4-10H2,1-3H3,(H,17,18)(H,19,20)/t12?,13-,14+/m0/s1. The number of aliphatic carboxylic acids is 1. The molecule has 1 fully saturated rings. The minimum Gasteiger partial charge on any atom is -0.481 e. The van der Waals surface area contributed by atoms with Crippen LogP contribution in [0.4, 0.5) is 0 Å². The van der Waals surface area contributed by atoms with Gasteiger partial charge < -0.3 is 15.2 Å². The predicted octanol–water partition coefficient (Wildman–Crippen LogP) is 2.30. The fraction of sp³-hybridized carbons (Fsp3) is 0.875. The molecule has 0 aliphatic heterocycles. The zero-order valence-corrected chi connectivity index (χ0v) is 13.4. The van der Waals surface area contributed by atoms with Crippen LogP contribution < -0.4 is 5.32 Å². The number of ether oxygens (including phenoxy) is 1. The molecule has 21 heavy (non-hydrogen) atoms. The van der Waals surface area contributed by atoms with E-state index in [1.807, 2.05) is 6.92 Å². The molecule has 5 heteroatoms. The zero-order valence-electron chi connectivity index (χ0n) is 13.4. The van der Waals surface area contributed by atoms with E-state index in [0.717, 1.165) is 12.8 Å². The maximum Gasteiger partial charge on any atom is 0.307 e. The molecule has 1 amide bonds. The van der Waals surface area contributed by atoms with Crippen molar-refractivity contribution in [3.05, 3.63) is 0 Å². The second-order valence-electron chi connectivity index (χ2n) is 6.38. The second kappa shape index (κ2) is 9.03. The van der Waals surface area contributed by atoms with E-state index in [0.29, 0.717) is 44.4 Å². The summed E-state index contributed by atoms with van der Waals surface area (Å²) < 4.78 is 5.44. The molecule has 0 saturated heterocycles. The van der Waals surface area contributed by atoms with E-state index < -0.39 is 11.9 Å². The van der Waals surface area contributed by atoms with Crippen LogP contribution in [0.2, 0.25) is 0 Å². The molecular formula is C16H29NO4. The van der Waals surface area contributed by atoms with Gasteiger partial charge in [0.05, 0.1) is 18.4 Å². The van der Waals surface area contributed by atoms with Gasteiger partial charge in [-0.25, -0.2) is 0 Å². The molecule has 0 spiro atoms. The van der Waals surface area contributed by atoms with Gasteiger partial charge in [0.2, 0.25) is 5.91 Å². The molecule has 1 saturated carbocycles. The Morgan fingerprint density at radius 2 is 1.90 bits per heavy atom. The van der Waals surface area contributed by atoms with Crippen LogP contribution in [0.25, 0.3) is 0 Å². The van der Waals surface area contributed by atoms with Gasteiger partial charge in [0, 0.05) is 13.2 Å². The minimum absolute atomic E-state index is 0.134. The van der Waals surface area contributed by atoms with E-state index in [1.165, 1.54) is 0 Å². The number of hydrogen-bond acceptors (Lipinski definition) is 3. The van der Waals surface area contributed by atoms with E-state index in [4.69, 9.17) is 4.74 Å². The summed E-state index contributed by atoms with van der Waals surface area (Å²) in [5.41, 5.74) is 0. The number of hydrogen-bond donors (Lipinski definition) is 2. The van der Waals surface area contributed by atoms with Gasteiger partial charge in [-0.2, -0.15) is 0 Å². The number of carboxylic acids is 1. The molecule has 1 rings (SSSR count). The van der Waals surface area contributed by atoms with Crippen molar-refractivity contribution in [3.8, 4) is 0 Å². The lowest BCUT2D eigenvalue weighted by Gasteiger charge is -2.15. The minimum atomic E-state index is -0.848. The summed E-state index contributed by atoms with van der Waals surface area (Å²) in [5, 5.41) is 12.0. The highest BCUT2D eigenvalue weighted by Gasteiger charge is 2.41. The molecule has 0 heterocycles. The maximum atomic E-state index is 12.1. The monoisotopic (exact) mass is 299 g/mol. The van der Waals surface area contributed by atoms with E-state index in [1.54, 1.807) is 0 Å². The Kier molecular flexibility index (Phi) is 7.72. The van der Waals surface area contributed by atoms with Gasteiger partial charge in [-0.05, 0) is 31.1 Å². The first-order valence-corrected chi connectivity index (χ1v) is 8.03. The van der Waals surface area contributed by atoms with Gasteiger partial charge in [0.15, 0.2) is 0 Å². The third kappa shape index (κ3) is 6.04. The van der Waals surface area contributed by atoms with Crippen LogP contribution in [0.3, 0.4) is 0 Å². The number of carboxylic acid groups (broad SMARTS) is 1. The van der Waals surface area contributed by atoms with E-state index in [2.05, 4.69) is 19.2 Å². The molecule has 0 aromatic rings. The third-order valence-electron chi connectivity index (χ3n) is 4.28. The fourth-order valence-corrected chi connectivity index (χ4v) is 2.84. The van der Waals surface area contributed by atoms with Gasteiger partial charge in [-0.1, -0.05) is 27.2 Å². The quantitative estimate of drug-likeness (QED) is 0.641. The Morgan fingerprint density at radius 1 is 1.24 bits per heavy atom. The smallest absolute Gasteiger partial charge is 0.307 e. The van der Waals surface area contributed by atoms with Gasteiger partial charge in [-0.3, -0.25) is 9.59 Å². The Balaban J connectivity index is 2.28. The number of amides is 1. The topological polar surface area (TPSA) is 75.6 Å². The highest BCUT2D eigenvalue weighted by atomic mass is 16.5. The highest BCUT2D eigenvalue weighted by Crippen LogP contribution is 2.38. The van der Waals surface area contributed by atoms with E-state index in [9.17, 15) is 14.7 Å². The molecule has 122 valence electrons. The molecule has 0 bridgehead atoms. The molecule has 1 aliphatic rings. The van der Waals surface area contributed by atoms with Crippen LogP contribution in [0, 0.1) is 23.7 Å². The molecule has 2 N–H and O–H groups in total. The molecule has 0 aromatic carbocycles. The van der Waals surface area contributed by atoms with Crippen molar-refractivity contribution in [1.29, 1.82) is 0 Å². The molecule has 1 unspecified atom stereocenters. The van der Waals surface area contributed by atoms with Crippen LogP contribution in [-0.2, 0) is 14.3 Å². The van der Waals surface area contributed by atoms with E-state index in [-0.39, 0.29) is 11.8 Å².